The van der Waals surface area contributed by atoms with Gasteiger partial charge in [-0.1, -0.05) is 0 Å². The van der Waals surface area contributed by atoms with Gasteiger partial charge in [0, 0.05) is 25.5 Å². The molecule has 0 atom stereocenters. The summed E-state index contributed by atoms with van der Waals surface area (Å²) in [6.07, 6.45) is 0. The van der Waals surface area contributed by atoms with Crippen LogP contribution in [0.5, 0.6) is 23.0 Å². The molecule has 0 bridgehead atoms. The number of nitrogens with one attached hydrogen (secondary N) is 2. The van der Waals surface area contributed by atoms with Gasteiger partial charge in [-0.15, -0.1) is 0 Å². The predicted molar refractivity (Wildman–Crippen MR) is 122 cm³/mol. The van der Waals surface area contributed by atoms with Crippen molar-refractivity contribution in [3.63, 3.8) is 0 Å². The number of anilines is 2. The van der Waals surface area contributed by atoms with Gasteiger partial charge in [0.15, 0.2) is 11.9 Å². The van der Waals surface area contributed by atoms with Gasteiger partial charge in [0.25, 0.3) is 0 Å². The van der Waals surface area contributed by atoms with Gasteiger partial charge in [-0.25, -0.2) is 0 Å². The molecule has 8 heteroatoms. The molecule has 3 aromatic rings. The predicted octanol–water partition coefficient (Wildman–Crippen LogP) is 3.98. The lowest BCUT2D eigenvalue weighted by Crippen LogP contribution is -2.21. The van der Waals surface area contributed by atoms with Crippen LogP contribution in [0.15, 0.2) is 82.8 Å². The number of benzene rings is 3. The third kappa shape index (κ3) is 5.90. The van der Waals surface area contributed by atoms with E-state index in [-0.39, 0.29) is 0 Å². The van der Waals surface area contributed by atoms with E-state index in [1.54, 1.807) is 14.1 Å². The first-order chi connectivity index (χ1) is 14.6. The maximum atomic E-state index is 5.86. The number of hydrogen-bond donors (Lipinski definition) is 4. The van der Waals surface area contributed by atoms with Crippen molar-refractivity contribution in [2.75, 3.05) is 24.7 Å². The maximum absolute atomic E-state index is 5.86. The zero-order valence-corrected chi connectivity index (χ0v) is 16.8. The fourth-order valence-electron chi connectivity index (χ4n) is 2.47. The Bertz CT molecular complexity index is 929. The van der Waals surface area contributed by atoms with Crippen LogP contribution >= 0.6 is 0 Å². The Labute approximate surface area is 175 Å². The lowest BCUT2D eigenvalue weighted by atomic mass is 10.3. The van der Waals surface area contributed by atoms with Crippen molar-refractivity contribution in [3.8, 4) is 23.0 Å². The number of ether oxygens (including phenoxy) is 2. The lowest BCUT2D eigenvalue weighted by Gasteiger charge is -2.10. The molecule has 0 heterocycles. The summed E-state index contributed by atoms with van der Waals surface area (Å²) in [5.74, 6) is 3.52. The van der Waals surface area contributed by atoms with E-state index in [4.69, 9.17) is 20.9 Å². The minimum absolute atomic E-state index is 0.351. The van der Waals surface area contributed by atoms with Crippen molar-refractivity contribution >= 4 is 23.3 Å². The van der Waals surface area contributed by atoms with Crippen LogP contribution in [0.4, 0.5) is 11.4 Å². The molecule has 3 aromatic carbocycles. The number of aliphatic imine (C=N–C) groups is 2. The Morgan fingerprint density at radius 3 is 1.10 bits per heavy atom. The van der Waals surface area contributed by atoms with Crippen molar-refractivity contribution in [1.82, 2.24) is 0 Å². The molecule has 0 spiro atoms. The Morgan fingerprint density at radius 2 is 0.833 bits per heavy atom. The molecule has 3 rings (SSSR count). The normalized spacial score (nSPS) is 11.7. The summed E-state index contributed by atoms with van der Waals surface area (Å²) in [5.41, 5.74) is 13.0. The SMILES string of the molecule is CN=C(N)Nc1ccc(Oc2ccc(Oc3ccc(NC(N)=NC)cc3)cc2)cc1. The van der Waals surface area contributed by atoms with Gasteiger partial charge in [0.1, 0.15) is 23.0 Å². The summed E-state index contributed by atoms with van der Waals surface area (Å²) in [6, 6.07) is 22.2. The molecule has 0 saturated heterocycles. The lowest BCUT2D eigenvalue weighted by molar-refractivity contribution is 0.469. The van der Waals surface area contributed by atoms with E-state index in [2.05, 4.69) is 20.6 Å². The monoisotopic (exact) mass is 404 g/mol. The molecular weight excluding hydrogens is 380 g/mol. The van der Waals surface area contributed by atoms with Gasteiger partial charge in [-0.2, -0.15) is 0 Å². The van der Waals surface area contributed by atoms with Crippen LogP contribution in [0.2, 0.25) is 0 Å². The van der Waals surface area contributed by atoms with Crippen molar-refractivity contribution < 1.29 is 9.47 Å². The largest absolute Gasteiger partial charge is 0.457 e. The van der Waals surface area contributed by atoms with E-state index >= 15 is 0 Å². The van der Waals surface area contributed by atoms with Crippen molar-refractivity contribution in [2.45, 2.75) is 0 Å². The van der Waals surface area contributed by atoms with E-state index in [0.29, 0.717) is 34.9 Å². The minimum Gasteiger partial charge on any atom is -0.457 e. The molecular formula is C22H24N6O2. The Hall–Kier alpha value is -4.20. The fraction of sp³-hybridized carbons (Fsp3) is 0.0909. The summed E-state index contributed by atoms with van der Waals surface area (Å²) in [5, 5.41) is 5.94. The second-order valence-corrected chi connectivity index (χ2v) is 6.19. The van der Waals surface area contributed by atoms with Crippen LogP contribution in [0.25, 0.3) is 0 Å². The highest BCUT2D eigenvalue weighted by Gasteiger charge is 2.02. The molecule has 6 N–H and O–H groups in total. The zero-order chi connectivity index (χ0) is 21.3. The van der Waals surface area contributed by atoms with Crippen LogP contribution in [0, 0.1) is 0 Å². The first kappa shape index (κ1) is 20.5. The number of nitrogens with two attached hydrogens (primary N) is 2. The molecule has 8 nitrogen and oxygen atoms in total. The molecule has 0 unspecified atom stereocenters. The summed E-state index contributed by atoms with van der Waals surface area (Å²) in [6.45, 7) is 0. The highest BCUT2D eigenvalue weighted by atomic mass is 16.5. The molecule has 0 aliphatic carbocycles. The highest BCUT2D eigenvalue weighted by Crippen LogP contribution is 2.28. The van der Waals surface area contributed by atoms with Gasteiger partial charge in [0.2, 0.25) is 0 Å². The Morgan fingerprint density at radius 1 is 0.567 bits per heavy atom. The van der Waals surface area contributed by atoms with Gasteiger partial charge >= 0.3 is 0 Å². The molecule has 0 radical (unpaired) electrons. The molecule has 0 fully saturated rings. The van der Waals surface area contributed by atoms with Crippen LogP contribution in [-0.4, -0.2) is 26.0 Å². The van der Waals surface area contributed by atoms with Gasteiger partial charge in [0.05, 0.1) is 0 Å². The average Bonchev–Trinajstić information content (AvgIpc) is 2.77. The first-order valence-electron chi connectivity index (χ1n) is 9.20. The first-order valence-corrected chi connectivity index (χ1v) is 9.20. The number of rotatable bonds is 6. The quantitative estimate of drug-likeness (QED) is 0.364. The van der Waals surface area contributed by atoms with E-state index < -0.39 is 0 Å². The molecule has 154 valence electrons. The van der Waals surface area contributed by atoms with Crippen LogP contribution in [-0.2, 0) is 0 Å². The van der Waals surface area contributed by atoms with Gasteiger partial charge < -0.3 is 31.6 Å². The van der Waals surface area contributed by atoms with Crippen LogP contribution in [0.3, 0.4) is 0 Å². The topological polar surface area (TPSA) is 119 Å². The average molecular weight is 404 g/mol. The van der Waals surface area contributed by atoms with Crippen molar-refractivity contribution in [2.24, 2.45) is 21.5 Å². The second kappa shape index (κ2) is 9.83. The van der Waals surface area contributed by atoms with Crippen LogP contribution in [0.1, 0.15) is 0 Å². The van der Waals surface area contributed by atoms with Crippen molar-refractivity contribution in [1.29, 1.82) is 0 Å². The molecule has 30 heavy (non-hydrogen) atoms. The summed E-state index contributed by atoms with van der Waals surface area (Å²) < 4.78 is 11.7. The van der Waals surface area contributed by atoms with E-state index in [0.717, 1.165) is 11.4 Å². The third-order valence-electron chi connectivity index (χ3n) is 4.03. The van der Waals surface area contributed by atoms with E-state index in [1.165, 1.54) is 0 Å². The third-order valence-corrected chi connectivity index (χ3v) is 4.03. The minimum atomic E-state index is 0.351. The summed E-state index contributed by atoms with van der Waals surface area (Å²) in [4.78, 5) is 7.72. The molecule has 0 aromatic heterocycles. The Balaban J connectivity index is 1.57. The Kier molecular flexibility index (Phi) is 6.73. The van der Waals surface area contributed by atoms with Crippen LogP contribution < -0.4 is 31.6 Å². The van der Waals surface area contributed by atoms with Gasteiger partial charge in [-0.3, -0.25) is 9.98 Å². The number of hydrogen-bond acceptors (Lipinski definition) is 4. The molecule has 0 aliphatic heterocycles. The summed E-state index contributed by atoms with van der Waals surface area (Å²) in [7, 11) is 3.25. The molecule has 0 amide bonds. The van der Waals surface area contributed by atoms with E-state index in [1.807, 2.05) is 72.8 Å². The number of nitrogens with zero attached hydrogens (tertiary/aromatic N) is 2. The summed E-state index contributed by atoms with van der Waals surface area (Å²) >= 11 is 0. The fourth-order valence-corrected chi connectivity index (χ4v) is 2.47. The zero-order valence-electron chi connectivity index (χ0n) is 16.8. The van der Waals surface area contributed by atoms with Crippen molar-refractivity contribution in [3.05, 3.63) is 72.8 Å². The highest BCUT2D eigenvalue weighted by molar-refractivity contribution is 5.92. The van der Waals surface area contributed by atoms with E-state index in [9.17, 15) is 0 Å². The maximum Gasteiger partial charge on any atom is 0.192 e. The number of guanidine groups is 2. The second-order valence-electron chi connectivity index (χ2n) is 6.19. The standard InChI is InChI=1S/C22H24N6O2/c1-25-21(23)27-15-3-7-17(8-4-15)29-19-11-13-20(14-12-19)30-18-9-5-16(6-10-18)28-22(24)26-2/h3-14H,1-2H3,(H3,23,25,27)(H3,24,26,28). The molecule has 0 aliphatic rings. The van der Waals surface area contributed by atoms with Gasteiger partial charge in [-0.05, 0) is 72.8 Å². The molecule has 0 saturated carbocycles. The smallest absolute Gasteiger partial charge is 0.192 e.